The van der Waals surface area contributed by atoms with Crippen molar-refractivity contribution in [3.8, 4) is 0 Å². The van der Waals surface area contributed by atoms with Crippen molar-refractivity contribution in [1.82, 2.24) is 9.80 Å². The van der Waals surface area contributed by atoms with E-state index >= 15 is 0 Å². The van der Waals surface area contributed by atoms with Crippen LogP contribution in [-0.4, -0.2) is 60.0 Å². The number of rotatable bonds is 2. The predicted molar refractivity (Wildman–Crippen MR) is 64.5 cm³/mol. The maximum Gasteiger partial charge on any atom is 0.312 e. The second-order valence-electron chi connectivity index (χ2n) is 4.44. The van der Waals surface area contributed by atoms with E-state index < -0.39 is 11.8 Å². The highest BCUT2D eigenvalue weighted by molar-refractivity contribution is 6.34. The van der Waals surface area contributed by atoms with Crippen LogP contribution in [0.2, 0.25) is 0 Å². The van der Waals surface area contributed by atoms with Crippen molar-refractivity contribution < 1.29 is 14.3 Å². The first kappa shape index (κ1) is 14.0. The average molecular weight is 242 g/mol. The standard InChI is InChI=1S/C12H22N2O3/c1-5-13(6-2)11(15)12(16)14-7-9(3)17-10(4)8-14/h9-10H,5-8H2,1-4H3. The number of amides is 2. The molecule has 0 aromatic carbocycles. The number of carbonyl (C=O) groups excluding carboxylic acids is 2. The van der Waals surface area contributed by atoms with Gasteiger partial charge in [0.15, 0.2) is 0 Å². The zero-order valence-electron chi connectivity index (χ0n) is 11.1. The first-order valence-corrected chi connectivity index (χ1v) is 6.23. The van der Waals surface area contributed by atoms with Crippen LogP contribution in [0.25, 0.3) is 0 Å². The Kier molecular flexibility index (Phi) is 4.93. The smallest absolute Gasteiger partial charge is 0.312 e. The molecule has 0 saturated carbocycles. The van der Waals surface area contributed by atoms with Crippen molar-refractivity contribution in [1.29, 1.82) is 0 Å². The predicted octanol–water partition coefficient (Wildman–Crippen LogP) is 0.491. The van der Waals surface area contributed by atoms with Crippen LogP contribution < -0.4 is 0 Å². The third-order valence-electron chi connectivity index (χ3n) is 2.94. The van der Waals surface area contributed by atoms with E-state index in [4.69, 9.17) is 4.74 Å². The highest BCUT2D eigenvalue weighted by Gasteiger charge is 2.31. The molecular weight excluding hydrogens is 220 g/mol. The molecule has 98 valence electrons. The van der Waals surface area contributed by atoms with Gasteiger partial charge in [0.25, 0.3) is 0 Å². The fraction of sp³-hybridized carbons (Fsp3) is 0.833. The molecule has 0 spiro atoms. The van der Waals surface area contributed by atoms with Gasteiger partial charge >= 0.3 is 11.8 Å². The van der Waals surface area contributed by atoms with Crippen LogP contribution >= 0.6 is 0 Å². The Bertz CT molecular complexity index is 279. The summed E-state index contributed by atoms with van der Waals surface area (Å²) in [7, 11) is 0. The van der Waals surface area contributed by atoms with Gasteiger partial charge in [-0.2, -0.15) is 0 Å². The van der Waals surface area contributed by atoms with Crippen LogP contribution in [0.3, 0.4) is 0 Å². The van der Waals surface area contributed by atoms with Gasteiger partial charge in [0.2, 0.25) is 0 Å². The van der Waals surface area contributed by atoms with Crippen LogP contribution in [0.5, 0.6) is 0 Å². The van der Waals surface area contributed by atoms with Crippen molar-refractivity contribution in [2.75, 3.05) is 26.2 Å². The molecule has 1 aliphatic rings. The molecule has 1 saturated heterocycles. The summed E-state index contributed by atoms with van der Waals surface area (Å²) in [6, 6.07) is 0. The molecule has 2 unspecified atom stereocenters. The molecule has 1 rings (SSSR count). The number of nitrogens with zero attached hydrogens (tertiary/aromatic N) is 2. The maximum absolute atomic E-state index is 12.0. The van der Waals surface area contributed by atoms with Crippen molar-refractivity contribution in [3.05, 3.63) is 0 Å². The largest absolute Gasteiger partial charge is 0.372 e. The van der Waals surface area contributed by atoms with Gasteiger partial charge in [-0.3, -0.25) is 9.59 Å². The van der Waals surface area contributed by atoms with E-state index in [9.17, 15) is 9.59 Å². The average Bonchev–Trinajstić information content (AvgIpc) is 2.28. The lowest BCUT2D eigenvalue weighted by molar-refractivity contribution is -0.158. The van der Waals surface area contributed by atoms with Crippen molar-refractivity contribution in [2.24, 2.45) is 0 Å². The van der Waals surface area contributed by atoms with Crippen molar-refractivity contribution in [2.45, 2.75) is 39.9 Å². The fourth-order valence-electron chi connectivity index (χ4n) is 2.13. The van der Waals surface area contributed by atoms with Crippen LogP contribution in [0.15, 0.2) is 0 Å². The van der Waals surface area contributed by atoms with Gasteiger partial charge in [-0.1, -0.05) is 0 Å². The molecule has 2 atom stereocenters. The van der Waals surface area contributed by atoms with E-state index in [1.54, 1.807) is 9.80 Å². The Labute approximate surface area is 103 Å². The summed E-state index contributed by atoms with van der Waals surface area (Å²) in [5.41, 5.74) is 0. The summed E-state index contributed by atoms with van der Waals surface area (Å²) in [5, 5.41) is 0. The molecule has 0 N–H and O–H groups in total. The summed E-state index contributed by atoms with van der Waals surface area (Å²) >= 11 is 0. The highest BCUT2D eigenvalue weighted by atomic mass is 16.5. The number of hydrogen-bond donors (Lipinski definition) is 0. The van der Waals surface area contributed by atoms with E-state index in [-0.39, 0.29) is 12.2 Å². The Hall–Kier alpha value is -1.10. The summed E-state index contributed by atoms with van der Waals surface area (Å²) < 4.78 is 5.54. The summed E-state index contributed by atoms with van der Waals surface area (Å²) in [4.78, 5) is 27.1. The third kappa shape index (κ3) is 3.43. The van der Waals surface area contributed by atoms with E-state index in [0.717, 1.165) is 0 Å². The molecule has 0 radical (unpaired) electrons. The lowest BCUT2D eigenvalue weighted by Crippen LogP contribution is -2.53. The van der Waals surface area contributed by atoms with Crippen LogP contribution in [0.4, 0.5) is 0 Å². The SMILES string of the molecule is CCN(CC)C(=O)C(=O)N1CC(C)OC(C)C1. The lowest BCUT2D eigenvalue weighted by Gasteiger charge is -2.35. The molecular formula is C12H22N2O3. The zero-order valence-corrected chi connectivity index (χ0v) is 11.1. The minimum Gasteiger partial charge on any atom is -0.372 e. The molecule has 5 nitrogen and oxygen atoms in total. The molecule has 5 heteroatoms. The van der Waals surface area contributed by atoms with E-state index in [0.29, 0.717) is 26.2 Å². The van der Waals surface area contributed by atoms with Gasteiger partial charge in [-0.25, -0.2) is 0 Å². The number of likely N-dealkylation sites (N-methyl/N-ethyl adjacent to an activating group) is 1. The zero-order chi connectivity index (χ0) is 13.0. The van der Waals surface area contributed by atoms with Crippen LogP contribution in [-0.2, 0) is 14.3 Å². The molecule has 1 heterocycles. The van der Waals surface area contributed by atoms with Gasteiger partial charge in [-0.05, 0) is 27.7 Å². The summed E-state index contributed by atoms with van der Waals surface area (Å²) in [6.45, 7) is 9.70. The maximum atomic E-state index is 12.0. The molecule has 0 aromatic rings. The van der Waals surface area contributed by atoms with Crippen LogP contribution in [0.1, 0.15) is 27.7 Å². The minimum absolute atomic E-state index is 0.00722. The van der Waals surface area contributed by atoms with Gasteiger partial charge in [0.1, 0.15) is 0 Å². The molecule has 0 aromatic heterocycles. The number of hydrogen-bond acceptors (Lipinski definition) is 3. The Morgan fingerprint density at radius 3 is 2.06 bits per heavy atom. The Morgan fingerprint density at radius 2 is 1.65 bits per heavy atom. The Morgan fingerprint density at radius 1 is 1.18 bits per heavy atom. The molecule has 1 fully saturated rings. The van der Waals surface area contributed by atoms with E-state index in [1.165, 1.54) is 0 Å². The first-order chi connectivity index (χ1) is 7.99. The van der Waals surface area contributed by atoms with E-state index in [2.05, 4.69) is 0 Å². The number of ether oxygens (including phenoxy) is 1. The molecule has 0 aliphatic carbocycles. The Balaban J connectivity index is 2.65. The van der Waals surface area contributed by atoms with Crippen molar-refractivity contribution >= 4 is 11.8 Å². The van der Waals surface area contributed by atoms with Crippen LogP contribution in [0, 0.1) is 0 Å². The van der Waals surface area contributed by atoms with Crippen molar-refractivity contribution in [3.63, 3.8) is 0 Å². The number of carbonyl (C=O) groups is 2. The fourth-order valence-corrected chi connectivity index (χ4v) is 2.13. The second kappa shape index (κ2) is 6.00. The molecule has 1 aliphatic heterocycles. The third-order valence-corrected chi connectivity index (χ3v) is 2.94. The summed E-state index contributed by atoms with van der Waals surface area (Å²) in [6.07, 6.45) is -0.0144. The highest BCUT2D eigenvalue weighted by Crippen LogP contribution is 2.11. The summed E-state index contributed by atoms with van der Waals surface area (Å²) in [5.74, 6) is -0.813. The van der Waals surface area contributed by atoms with E-state index in [1.807, 2.05) is 27.7 Å². The minimum atomic E-state index is -0.407. The molecule has 0 bridgehead atoms. The van der Waals surface area contributed by atoms with Gasteiger partial charge < -0.3 is 14.5 Å². The van der Waals surface area contributed by atoms with Gasteiger partial charge in [-0.15, -0.1) is 0 Å². The monoisotopic (exact) mass is 242 g/mol. The van der Waals surface area contributed by atoms with Gasteiger partial charge in [0, 0.05) is 26.2 Å². The topological polar surface area (TPSA) is 49.9 Å². The number of morpholine rings is 1. The molecule has 17 heavy (non-hydrogen) atoms. The normalized spacial score (nSPS) is 24.6. The quantitative estimate of drug-likeness (QED) is 0.662. The van der Waals surface area contributed by atoms with Gasteiger partial charge in [0.05, 0.1) is 12.2 Å². The lowest BCUT2D eigenvalue weighted by atomic mass is 10.2. The second-order valence-corrected chi connectivity index (χ2v) is 4.44. The first-order valence-electron chi connectivity index (χ1n) is 6.23. The molecule has 2 amide bonds.